The molecule has 1 saturated heterocycles. The molecule has 1 aromatic rings. The second-order valence-electron chi connectivity index (χ2n) is 5.03. The minimum absolute atomic E-state index is 0.0496. The molecule has 2 unspecified atom stereocenters. The van der Waals surface area contributed by atoms with E-state index in [0.717, 1.165) is 24.0 Å². The van der Waals surface area contributed by atoms with Gasteiger partial charge in [-0.2, -0.15) is 0 Å². The van der Waals surface area contributed by atoms with Gasteiger partial charge in [0.25, 0.3) is 0 Å². The van der Waals surface area contributed by atoms with Gasteiger partial charge in [0, 0.05) is 23.0 Å². The summed E-state index contributed by atoms with van der Waals surface area (Å²) in [7, 11) is -3.29. The van der Waals surface area contributed by atoms with Gasteiger partial charge in [0.1, 0.15) is 0 Å². The number of benzene rings is 1. The molecule has 0 amide bonds. The molecule has 1 aromatic carbocycles. The molecule has 1 heterocycles. The highest BCUT2D eigenvalue weighted by Crippen LogP contribution is 2.22. The lowest BCUT2D eigenvalue weighted by Crippen LogP contribution is -2.42. The van der Waals surface area contributed by atoms with Crippen molar-refractivity contribution in [3.8, 4) is 0 Å². The van der Waals surface area contributed by atoms with E-state index in [1.54, 1.807) is 18.2 Å². The van der Waals surface area contributed by atoms with E-state index in [4.69, 9.17) is 4.74 Å². The first-order valence-electron chi connectivity index (χ1n) is 6.82. The van der Waals surface area contributed by atoms with E-state index in [1.807, 2.05) is 13.0 Å². The average Bonchev–Trinajstić information content (AvgIpc) is 2.92. The number of ether oxygens (including phenoxy) is 1. The topological polar surface area (TPSA) is 55.4 Å². The fourth-order valence-corrected chi connectivity index (χ4v) is 4.69. The van der Waals surface area contributed by atoms with E-state index in [1.165, 1.54) is 0 Å². The lowest BCUT2D eigenvalue weighted by atomic mass is 10.0. The first-order chi connectivity index (χ1) is 9.53. The fourth-order valence-electron chi connectivity index (χ4n) is 2.49. The van der Waals surface area contributed by atoms with E-state index >= 15 is 0 Å². The molecule has 2 atom stereocenters. The van der Waals surface area contributed by atoms with Crippen molar-refractivity contribution in [2.24, 2.45) is 5.92 Å². The van der Waals surface area contributed by atoms with Crippen LogP contribution in [-0.2, 0) is 14.6 Å². The van der Waals surface area contributed by atoms with Crippen LogP contribution in [0.15, 0.2) is 33.6 Å². The monoisotopic (exact) mass is 361 g/mol. The lowest BCUT2D eigenvalue weighted by molar-refractivity contribution is 0.179. The maximum Gasteiger partial charge on any atom is 0.179 e. The molecule has 112 valence electrons. The summed E-state index contributed by atoms with van der Waals surface area (Å²) in [4.78, 5) is 0.369. The molecule has 6 heteroatoms. The summed E-state index contributed by atoms with van der Waals surface area (Å²) in [6.07, 6.45) is 0.922. The van der Waals surface area contributed by atoms with Gasteiger partial charge in [0.2, 0.25) is 0 Å². The van der Waals surface area contributed by atoms with Gasteiger partial charge in [-0.15, -0.1) is 0 Å². The summed E-state index contributed by atoms with van der Waals surface area (Å²) in [6, 6.07) is 6.83. The number of sulfone groups is 1. The lowest BCUT2D eigenvalue weighted by Gasteiger charge is -2.23. The van der Waals surface area contributed by atoms with Crippen LogP contribution in [0.4, 0.5) is 0 Å². The second kappa shape index (κ2) is 7.02. The maximum absolute atomic E-state index is 12.5. The molecule has 1 fully saturated rings. The van der Waals surface area contributed by atoms with Gasteiger partial charge in [-0.3, -0.25) is 0 Å². The van der Waals surface area contributed by atoms with Crippen LogP contribution < -0.4 is 5.32 Å². The molecule has 1 aliphatic rings. The van der Waals surface area contributed by atoms with Gasteiger partial charge in [-0.05, 0) is 31.2 Å². The molecule has 2 rings (SSSR count). The Kier molecular flexibility index (Phi) is 5.60. The third kappa shape index (κ3) is 4.04. The largest absolute Gasteiger partial charge is 0.381 e. The van der Waals surface area contributed by atoms with Crippen LogP contribution in [0, 0.1) is 5.92 Å². The molecule has 0 radical (unpaired) electrons. The predicted molar refractivity (Wildman–Crippen MR) is 82.6 cm³/mol. The number of hydrogen-bond acceptors (Lipinski definition) is 4. The first kappa shape index (κ1) is 15.9. The summed E-state index contributed by atoms with van der Waals surface area (Å²) >= 11 is 3.32. The zero-order chi connectivity index (χ0) is 14.6. The Balaban J connectivity index is 2.15. The summed E-state index contributed by atoms with van der Waals surface area (Å²) in [6.45, 7) is 4.12. The van der Waals surface area contributed by atoms with Crippen molar-refractivity contribution in [1.29, 1.82) is 0 Å². The molecule has 0 aliphatic carbocycles. The van der Waals surface area contributed by atoms with Crippen LogP contribution in [0.5, 0.6) is 0 Å². The number of halogens is 1. The zero-order valence-corrected chi connectivity index (χ0v) is 13.9. The van der Waals surface area contributed by atoms with Crippen LogP contribution in [0.2, 0.25) is 0 Å². The zero-order valence-electron chi connectivity index (χ0n) is 11.5. The highest BCUT2D eigenvalue weighted by molar-refractivity contribution is 9.10. The predicted octanol–water partition coefficient (Wildman–Crippen LogP) is 2.24. The van der Waals surface area contributed by atoms with Gasteiger partial charge in [-0.25, -0.2) is 8.42 Å². The van der Waals surface area contributed by atoms with Crippen molar-refractivity contribution in [2.75, 3.05) is 25.5 Å². The van der Waals surface area contributed by atoms with E-state index in [0.29, 0.717) is 11.5 Å². The Hall–Kier alpha value is -0.430. The molecule has 0 bridgehead atoms. The Bertz CT molecular complexity index is 541. The van der Waals surface area contributed by atoms with Crippen molar-refractivity contribution in [3.63, 3.8) is 0 Å². The minimum Gasteiger partial charge on any atom is -0.381 e. The van der Waals surface area contributed by atoms with Crippen LogP contribution in [0.25, 0.3) is 0 Å². The normalized spacial score (nSPS) is 21.0. The molecule has 0 spiro atoms. The van der Waals surface area contributed by atoms with E-state index in [-0.39, 0.29) is 17.7 Å². The van der Waals surface area contributed by atoms with Crippen LogP contribution >= 0.6 is 15.9 Å². The van der Waals surface area contributed by atoms with Gasteiger partial charge in [0.15, 0.2) is 9.84 Å². The van der Waals surface area contributed by atoms with Gasteiger partial charge in [-0.1, -0.05) is 28.9 Å². The quantitative estimate of drug-likeness (QED) is 0.843. The number of nitrogens with one attached hydrogen (secondary N) is 1. The molecule has 0 saturated carbocycles. The smallest absolute Gasteiger partial charge is 0.179 e. The second-order valence-corrected chi connectivity index (χ2v) is 7.98. The van der Waals surface area contributed by atoms with Crippen molar-refractivity contribution >= 4 is 25.8 Å². The highest BCUT2D eigenvalue weighted by Gasteiger charge is 2.30. The van der Waals surface area contributed by atoms with Crippen molar-refractivity contribution in [1.82, 2.24) is 5.32 Å². The summed E-state index contributed by atoms with van der Waals surface area (Å²) < 4.78 is 31.2. The first-order valence-corrected chi connectivity index (χ1v) is 9.27. The Morgan fingerprint density at radius 3 is 2.90 bits per heavy atom. The molecular weight excluding hydrogens is 342 g/mol. The van der Waals surface area contributed by atoms with Gasteiger partial charge >= 0.3 is 0 Å². The molecular formula is C14H20BrNO3S. The maximum atomic E-state index is 12.5. The van der Waals surface area contributed by atoms with Crippen molar-refractivity contribution in [2.45, 2.75) is 24.3 Å². The van der Waals surface area contributed by atoms with E-state index < -0.39 is 9.84 Å². The molecule has 1 N–H and O–H groups in total. The summed E-state index contributed by atoms with van der Waals surface area (Å²) in [5, 5.41) is 3.29. The Labute approximate surface area is 129 Å². The number of rotatable bonds is 6. The van der Waals surface area contributed by atoms with E-state index in [9.17, 15) is 8.42 Å². The molecule has 0 aromatic heterocycles. The van der Waals surface area contributed by atoms with Crippen molar-refractivity contribution in [3.05, 3.63) is 28.7 Å². The minimum atomic E-state index is -3.29. The molecule has 1 aliphatic heterocycles. The van der Waals surface area contributed by atoms with Crippen molar-refractivity contribution < 1.29 is 13.2 Å². The third-order valence-electron chi connectivity index (χ3n) is 3.55. The van der Waals surface area contributed by atoms with Crippen LogP contribution in [0.1, 0.15) is 13.3 Å². The van der Waals surface area contributed by atoms with Gasteiger partial charge < -0.3 is 10.1 Å². The fraction of sp³-hybridized carbons (Fsp3) is 0.571. The SMILES string of the molecule is CCNC(CS(=O)(=O)c1cccc(Br)c1)C1CCOC1. The molecule has 20 heavy (non-hydrogen) atoms. The summed E-state index contributed by atoms with van der Waals surface area (Å²) in [5.74, 6) is 0.391. The van der Waals surface area contributed by atoms with Gasteiger partial charge in [0.05, 0.1) is 17.3 Å². The van der Waals surface area contributed by atoms with Crippen LogP contribution in [-0.4, -0.2) is 40.0 Å². The average molecular weight is 362 g/mol. The molecule has 4 nitrogen and oxygen atoms in total. The Morgan fingerprint density at radius 2 is 2.30 bits per heavy atom. The summed E-state index contributed by atoms with van der Waals surface area (Å²) in [5.41, 5.74) is 0. The third-order valence-corrected chi connectivity index (χ3v) is 5.82. The van der Waals surface area contributed by atoms with E-state index in [2.05, 4.69) is 21.2 Å². The highest BCUT2D eigenvalue weighted by atomic mass is 79.9. The number of hydrogen-bond donors (Lipinski definition) is 1. The van der Waals surface area contributed by atoms with Crippen LogP contribution in [0.3, 0.4) is 0 Å². The Morgan fingerprint density at radius 1 is 1.50 bits per heavy atom. The standard InChI is InChI=1S/C14H20BrNO3S/c1-2-16-14(11-6-7-19-9-11)10-20(17,18)13-5-3-4-12(15)8-13/h3-5,8,11,14,16H,2,6-7,9-10H2,1H3.